The van der Waals surface area contributed by atoms with E-state index in [-0.39, 0.29) is 24.6 Å². The van der Waals surface area contributed by atoms with E-state index in [0.29, 0.717) is 39.3 Å². The zero-order chi connectivity index (χ0) is 26.6. The van der Waals surface area contributed by atoms with Crippen LogP contribution in [0.1, 0.15) is 12.5 Å². The number of benzene rings is 3. The first kappa shape index (κ1) is 25.2. The largest absolute Gasteiger partial charge is 0.496 e. The maximum absolute atomic E-state index is 13.6. The first-order valence-corrected chi connectivity index (χ1v) is 12.5. The molecular formula is C28H22BrN3O6. The molecule has 0 radical (unpaired) electrons. The molecule has 0 aliphatic heterocycles. The van der Waals surface area contributed by atoms with Gasteiger partial charge in [-0.3, -0.25) is 4.79 Å². The van der Waals surface area contributed by atoms with E-state index in [9.17, 15) is 9.59 Å². The number of carbonyl (C=O) groups excluding carboxylic acids is 1. The highest BCUT2D eigenvalue weighted by atomic mass is 79.9. The molecule has 2 heterocycles. The first-order chi connectivity index (χ1) is 18.5. The van der Waals surface area contributed by atoms with Crippen molar-refractivity contribution >= 4 is 50.0 Å². The van der Waals surface area contributed by atoms with Crippen molar-refractivity contribution in [2.24, 2.45) is 5.10 Å². The number of methoxy groups -OCH3 is 1. The van der Waals surface area contributed by atoms with Gasteiger partial charge in [0.2, 0.25) is 5.82 Å². The number of hydrogen-bond donors (Lipinski definition) is 0. The molecule has 3 aromatic carbocycles. The van der Waals surface area contributed by atoms with Crippen LogP contribution in [0.5, 0.6) is 11.5 Å². The zero-order valence-corrected chi connectivity index (χ0v) is 22.1. The first-order valence-electron chi connectivity index (χ1n) is 11.7. The van der Waals surface area contributed by atoms with Crippen LogP contribution in [-0.2, 0) is 9.53 Å². The number of hydrogen-bond acceptors (Lipinski definition) is 8. The number of nitrogens with zero attached hydrogens (tertiary/aromatic N) is 3. The molecule has 0 aliphatic rings. The Morgan fingerprint density at radius 3 is 2.74 bits per heavy atom. The Bertz CT molecular complexity index is 1740. The molecule has 38 heavy (non-hydrogen) atoms. The number of rotatable bonds is 8. The van der Waals surface area contributed by atoms with Gasteiger partial charge in [-0.2, -0.15) is 9.78 Å². The summed E-state index contributed by atoms with van der Waals surface area (Å²) >= 11 is 3.44. The Morgan fingerprint density at radius 2 is 1.92 bits per heavy atom. The van der Waals surface area contributed by atoms with Crippen molar-refractivity contribution in [1.29, 1.82) is 0 Å². The van der Waals surface area contributed by atoms with Crippen LogP contribution >= 0.6 is 15.9 Å². The van der Waals surface area contributed by atoms with Gasteiger partial charge in [-0.05, 0) is 55.5 Å². The lowest BCUT2D eigenvalue weighted by Gasteiger charge is -2.10. The van der Waals surface area contributed by atoms with Gasteiger partial charge in [-0.25, -0.2) is 9.78 Å². The van der Waals surface area contributed by atoms with Crippen LogP contribution in [0, 0.1) is 0 Å². The topological polar surface area (TPSA) is 105 Å². The third kappa shape index (κ3) is 5.03. The van der Waals surface area contributed by atoms with E-state index in [2.05, 4.69) is 21.0 Å². The highest BCUT2D eigenvalue weighted by Crippen LogP contribution is 2.33. The Hall–Kier alpha value is -4.44. The lowest BCUT2D eigenvalue weighted by atomic mass is 10.2. The molecule has 0 saturated carbocycles. The van der Waals surface area contributed by atoms with Gasteiger partial charge in [0.05, 0.1) is 36.2 Å². The van der Waals surface area contributed by atoms with E-state index in [1.54, 1.807) is 56.5 Å². The minimum atomic E-state index is -0.490. The normalized spacial score (nSPS) is 11.3. The third-order valence-corrected chi connectivity index (χ3v) is 6.14. The number of fused-ring (bicyclic) bond motifs is 2. The molecule has 0 atom stereocenters. The van der Waals surface area contributed by atoms with Crippen LogP contribution in [0.15, 0.2) is 85.5 Å². The fourth-order valence-electron chi connectivity index (χ4n) is 3.92. The molecule has 0 aliphatic carbocycles. The smallest absolute Gasteiger partial charge is 0.344 e. The van der Waals surface area contributed by atoms with Crippen LogP contribution in [0.4, 0.5) is 0 Å². The predicted molar refractivity (Wildman–Crippen MR) is 147 cm³/mol. The van der Waals surface area contributed by atoms with Gasteiger partial charge in [0.15, 0.2) is 12.4 Å². The number of aromatic nitrogens is 2. The second kappa shape index (κ2) is 10.9. The third-order valence-electron chi connectivity index (χ3n) is 5.65. The molecule has 192 valence electrons. The molecule has 5 rings (SSSR count). The van der Waals surface area contributed by atoms with Crippen molar-refractivity contribution in [2.45, 2.75) is 6.92 Å². The zero-order valence-electron chi connectivity index (χ0n) is 20.5. The van der Waals surface area contributed by atoms with Crippen LogP contribution in [0.2, 0.25) is 0 Å². The molecule has 0 fully saturated rings. The van der Waals surface area contributed by atoms with Gasteiger partial charge in [0.25, 0.3) is 5.56 Å². The fourth-order valence-corrected chi connectivity index (χ4v) is 4.30. The summed E-state index contributed by atoms with van der Waals surface area (Å²) in [5, 5.41) is 5.63. The standard InChI is InChI=1S/C28H22BrN3O6/c1-3-36-26(33)16-37-22-12-11-18(29)13-17(22)15-30-32-27(31-21-8-5-4-7-19(21)28(32)34)25-14-20-23(35-2)9-6-10-24(20)38-25/h4-15H,3,16H2,1-2H3. The molecule has 0 bridgehead atoms. The van der Waals surface area contributed by atoms with E-state index in [1.807, 2.05) is 24.3 Å². The minimum absolute atomic E-state index is 0.215. The van der Waals surface area contributed by atoms with Gasteiger partial charge >= 0.3 is 5.97 Å². The summed E-state index contributed by atoms with van der Waals surface area (Å²) in [5.74, 6) is 1.09. The van der Waals surface area contributed by atoms with Crippen molar-refractivity contribution < 1.29 is 23.4 Å². The lowest BCUT2D eigenvalue weighted by molar-refractivity contribution is -0.145. The molecule has 5 aromatic rings. The Kier molecular flexibility index (Phi) is 7.23. The van der Waals surface area contributed by atoms with E-state index in [4.69, 9.17) is 23.6 Å². The van der Waals surface area contributed by atoms with Gasteiger partial charge < -0.3 is 18.6 Å². The predicted octanol–water partition coefficient (Wildman–Crippen LogP) is 5.40. The molecule has 10 heteroatoms. The van der Waals surface area contributed by atoms with Crippen molar-refractivity contribution in [1.82, 2.24) is 9.66 Å². The highest BCUT2D eigenvalue weighted by Gasteiger charge is 2.18. The van der Waals surface area contributed by atoms with Gasteiger partial charge in [0, 0.05) is 10.0 Å². The number of carbonyl (C=O) groups is 1. The molecular weight excluding hydrogens is 554 g/mol. The van der Waals surface area contributed by atoms with Gasteiger partial charge in [-0.15, -0.1) is 0 Å². The SMILES string of the molecule is CCOC(=O)COc1ccc(Br)cc1C=Nn1c(-c2cc3c(OC)cccc3o2)nc2ccccc2c1=O. The summed E-state index contributed by atoms with van der Waals surface area (Å²) in [6.45, 7) is 1.71. The number of halogens is 1. The number of ether oxygens (including phenoxy) is 3. The summed E-state index contributed by atoms with van der Waals surface area (Å²) in [7, 11) is 1.58. The van der Waals surface area contributed by atoms with E-state index < -0.39 is 5.97 Å². The highest BCUT2D eigenvalue weighted by molar-refractivity contribution is 9.10. The Balaban J connectivity index is 1.63. The van der Waals surface area contributed by atoms with Crippen LogP contribution in [0.3, 0.4) is 0 Å². The van der Waals surface area contributed by atoms with Gasteiger partial charge in [-0.1, -0.05) is 34.1 Å². The van der Waals surface area contributed by atoms with Crippen molar-refractivity contribution in [3.8, 4) is 23.1 Å². The second-order valence-electron chi connectivity index (χ2n) is 8.07. The summed E-state index contributed by atoms with van der Waals surface area (Å²) in [6, 6.07) is 19.5. The van der Waals surface area contributed by atoms with Crippen molar-refractivity contribution in [2.75, 3.05) is 20.3 Å². The van der Waals surface area contributed by atoms with E-state index >= 15 is 0 Å². The average Bonchev–Trinajstić information content (AvgIpc) is 3.36. The van der Waals surface area contributed by atoms with Crippen LogP contribution in [-0.4, -0.2) is 42.2 Å². The molecule has 0 spiro atoms. The number of para-hydroxylation sites is 1. The minimum Gasteiger partial charge on any atom is -0.496 e. The Morgan fingerprint density at radius 1 is 1.08 bits per heavy atom. The molecule has 9 nitrogen and oxygen atoms in total. The van der Waals surface area contributed by atoms with Crippen molar-refractivity contribution in [3.05, 3.63) is 87.1 Å². The fraction of sp³-hybridized carbons (Fsp3) is 0.143. The quantitative estimate of drug-likeness (QED) is 0.180. The van der Waals surface area contributed by atoms with Crippen LogP contribution < -0.4 is 15.0 Å². The maximum atomic E-state index is 13.6. The molecule has 0 unspecified atom stereocenters. The molecule has 0 N–H and O–H groups in total. The average molecular weight is 576 g/mol. The van der Waals surface area contributed by atoms with Crippen LogP contribution in [0.25, 0.3) is 33.5 Å². The molecule has 0 amide bonds. The number of furan rings is 1. The Labute approximate surface area is 225 Å². The van der Waals surface area contributed by atoms with E-state index in [0.717, 1.165) is 9.86 Å². The lowest BCUT2D eigenvalue weighted by Crippen LogP contribution is -2.20. The molecule has 0 saturated heterocycles. The monoisotopic (exact) mass is 575 g/mol. The summed E-state index contributed by atoms with van der Waals surface area (Å²) < 4.78 is 24.1. The van der Waals surface area contributed by atoms with E-state index in [1.165, 1.54) is 10.9 Å². The maximum Gasteiger partial charge on any atom is 0.344 e. The van der Waals surface area contributed by atoms with Crippen molar-refractivity contribution in [3.63, 3.8) is 0 Å². The molecule has 2 aromatic heterocycles. The number of esters is 1. The summed E-state index contributed by atoms with van der Waals surface area (Å²) in [5.41, 5.74) is 1.24. The summed E-state index contributed by atoms with van der Waals surface area (Å²) in [6.07, 6.45) is 1.47. The van der Waals surface area contributed by atoms with Gasteiger partial charge in [0.1, 0.15) is 17.1 Å². The summed E-state index contributed by atoms with van der Waals surface area (Å²) in [4.78, 5) is 30.1. The second-order valence-corrected chi connectivity index (χ2v) is 8.99.